The molecule has 5 heteroatoms. The number of nitrogens with one attached hydrogen (secondary N) is 1. The lowest BCUT2D eigenvalue weighted by molar-refractivity contribution is 0.0947. The molecule has 0 fully saturated rings. The lowest BCUT2D eigenvalue weighted by atomic mass is 10.1. The number of benzene rings is 1. The van der Waals surface area contributed by atoms with Gasteiger partial charge in [-0.3, -0.25) is 4.79 Å². The molecule has 1 rings (SSSR count). The highest BCUT2D eigenvalue weighted by molar-refractivity contribution is 5.94. The van der Waals surface area contributed by atoms with Crippen molar-refractivity contribution in [2.75, 3.05) is 26.9 Å². The molecule has 2 N–H and O–H groups in total. The number of halogens is 1. The van der Waals surface area contributed by atoms with E-state index in [-0.39, 0.29) is 12.2 Å². The number of aliphatic hydroxyl groups is 1. The molecule has 0 aliphatic heterocycles. The summed E-state index contributed by atoms with van der Waals surface area (Å²) in [5.41, 5.74) is 0.450. The number of carbonyl (C=O) groups is 1. The summed E-state index contributed by atoms with van der Waals surface area (Å²) < 4.78 is 18.5. The molecular formula is C15H18FNO3. The second-order valence-corrected chi connectivity index (χ2v) is 4.11. The summed E-state index contributed by atoms with van der Waals surface area (Å²) in [5, 5.41) is 11.3. The molecule has 0 bridgehead atoms. The van der Waals surface area contributed by atoms with Gasteiger partial charge in [-0.2, -0.15) is 0 Å². The quantitative estimate of drug-likeness (QED) is 0.610. The first-order chi connectivity index (χ1) is 9.69. The van der Waals surface area contributed by atoms with Crippen molar-refractivity contribution in [1.29, 1.82) is 0 Å². The molecule has 0 unspecified atom stereocenters. The van der Waals surface area contributed by atoms with Gasteiger partial charge in [0.25, 0.3) is 5.91 Å². The van der Waals surface area contributed by atoms with Crippen LogP contribution in [0.5, 0.6) is 0 Å². The highest BCUT2D eigenvalue weighted by Crippen LogP contribution is 2.10. The second kappa shape index (κ2) is 9.08. The van der Waals surface area contributed by atoms with Crippen LogP contribution in [0.3, 0.4) is 0 Å². The summed E-state index contributed by atoms with van der Waals surface area (Å²) in [6, 6.07) is 4.04. The highest BCUT2D eigenvalue weighted by Gasteiger charge is 2.11. The Balaban J connectivity index is 2.62. The molecule has 1 amide bonds. The van der Waals surface area contributed by atoms with Crippen molar-refractivity contribution in [3.63, 3.8) is 0 Å². The van der Waals surface area contributed by atoms with Crippen LogP contribution in [0.1, 0.15) is 28.8 Å². The van der Waals surface area contributed by atoms with Gasteiger partial charge in [0.2, 0.25) is 0 Å². The van der Waals surface area contributed by atoms with E-state index in [9.17, 15) is 9.18 Å². The normalized spacial score (nSPS) is 9.75. The minimum Gasteiger partial charge on any atom is -0.385 e. The van der Waals surface area contributed by atoms with Gasteiger partial charge in [0.1, 0.15) is 12.4 Å². The van der Waals surface area contributed by atoms with Crippen molar-refractivity contribution in [3.05, 3.63) is 35.1 Å². The predicted molar refractivity (Wildman–Crippen MR) is 73.8 cm³/mol. The monoisotopic (exact) mass is 279 g/mol. The van der Waals surface area contributed by atoms with Crippen LogP contribution in [-0.2, 0) is 4.74 Å². The molecule has 1 aromatic rings. The van der Waals surface area contributed by atoms with Gasteiger partial charge in [0.15, 0.2) is 0 Å². The van der Waals surface area contributed by atoms with E-state index in [2.05, 4.69) is 17.2 Å². The predicted octanol–water partition coefficient (Wildman–Crippen LogP) is 1.33. The first kappa shape index (κ1) is 16.2. The van der Waals surface area contributed by atoms with E-state index in [1.807, 2.05) is 0 Å². The molecule has 108 valence electrons. The van der Waals surface area contributed by atoms with E-state index < -0.39 is 11.7 Å². The Hall–Kier alpha value is -1.90. The first-order valence-corrected chi connectivity index (χ1v) is 6.35. The van der Waals surface area contributed by atoms with Crippen LogP contribution in [-0.4, -0.2) is 37.9 Å². The van der Waals surface area contributed by atoms with Gasteiger partial charge in [-0.05, 0) is 31.0 Å². The average molecular weight is 279 g/mol. The number of carbonyl (C=O) groups excluding carboxylic acids is 1. The van der Waals surface area contributed by atoms with Crippen molar-refractivity contribution in [1.82, 2.24) is 5.32 Å². The Morgan fingerprint density at radius 2 is 2.25 bits per heavy atom. The number of aliphatic hydroxyl groups excluding tert-OH is 1. The summed E-state index contributed by atoms with van der Waals surface area (Å²) in [6.07, 6.45) is 1.60. The van der Waals surface area contributed by atoms with Crippen LogP contribution in [0.2, 0.25) is 0 Å². The maximum atomic E-state index is 13.6. The van der Waals surface area contributed by atoms with Gasteiger partial charge in [-0.15, -0.1) is 0 Å². The summed E-state index contributed by atoms with van der Waals surface area (Å²) in [5.74, 6) is 4.04. The SMILES string of the molecule is COCCCCNC(=O)c1cc(C#CCO)ccc1F. The van der Waals surface area contributed by atoms with Crippen molar-refractivity contribution < 1.29 is 19.0 Å². The molecule has 0 aliphatic carbocycles. The molecule has 0 atom stereocenters. The molecule has 0 aliphatic rings. The van der Waals surface area contributed by atoms with E-state index in [1.165, 1.54) is 18.2 Å². The van der Waals surface area contributed by atoms with Gasteiger partial charge in [-0.25, -0.2) is 4.39 Å². The Morgan fingerprint density at radius 1 is 1.45 bits per heavy atom. The molecule has 0 heterocycles. The first-order valence-electron chi connectivity index (χ1n) is 6.35. The fourth-order valence-electron chi connectivity index (χ4n) is 1.59. The van der Waals surface area contributed by atoms with Crippen LogP contribution < -0.4 is 5.32 Å². The zero-order valence-corrected chi connectivity index (χ0v) is 11.4. The summed E-state index contributed by atoms with van der Waals surface area (Å²) >= 11 is 0. The number of amides is 1. The molecule has 0 spiro atoms. The van der Waals surface area contributed by atoms with Crippen LogP contribution in [0.25, 0.3) is 0 Å². The third kappa shape index (κ3) is 5.39. The zero-order valence-electron chi connectivity index (χ0n) is 11.4. The van der Waals surface area contributed by atoms with E-state index in [0.29, 0.717) is 18.7 Å². The molecular weight excluding hydrogens is 261 g/mol. The second-order valence-electron chi connectivity index (χ2n) is 4.11. The van der Waals surface area contributed by atoms with Gasteiger partial charge in [0, 0.05) is 25.8 Å². The maximum Gasteiger partial charge on any atom is 0.254 e. The Kier molecular flexibility index (Phi) is 7.33. The molecule has 20 heavy (non-hydrogen) atoms. The average Bonchev–Trinajstić information content (AvgIpc) is 2.46. The number of rotatable bonds is 6. The van der Waals surface area contributed by atoms with E-state index in [0.717, 1.165) is 12.8 Å². The van der Waals surface area contributed by atoms with Crippen LogP contribution in [0, 0.1) is 17.7 Å². The number of unbranched alkanes of at least 4 members (excludes halogenated alkanes) is 1. The van der Waals surface area contributed by atoms with Gasteiger partial charge in [0.05, 0.1) is 5.56 Å². The van der Waals surface area contributed by atoms with Gasteiger partial charge < -0.3 is 15.2 Å². The number of hydrogen-bond acceptors (Lipinski definition) is 3. The lowest BCUT2D eigenvalue weighted by Gasteiger charge is -2.06. The smallest absolute Gasteiger partial charge is 0.254 e. The van der Waals surface area contributed by atoms with Crippen LogP contribution >= 0.6 is 0 Å². The lowest BCUT2D eigenvalue weighted by Crippen LogP contribution is -2.25. The molecule has 1 aromatic carbocycles. The highest BCUT2D eigenvalue weighted by atomic mass is 19.1. The number of hydrogen-bond donors (Lipinski definition) is 2. The van der Waals surface area contributed by atoms with Crippen LogP contribution in [0.4, 0.5) is 4.39 Å². The van der Waals surface area contributed by atoms with Crippen molar-refractivity contribution in [2.45, 2.75) is 12.8 Å². The van der Waals surface area contributed by atoms with E-state index in [1.54, 1.807) is 7.11 Å². The molecule has 0 saturated heterocycles. The third-order valence-corrected chi connectivity index (χ3v) is 2.58. The molecule has 4 nitrogen and oxygen atoms in total. The molecule has 0 radical (unpaired) electrons. The van der Waals surface area contributed by atoms with E-state index in [4.69, 9.17) is 9.84 Å². The van der Waals surface area contributed by atoms with Crippen LogP contribution in [0.15, 0.2) is 18.2 Å². The third-order valence-electron chi connectivity index (χ3n) is 2.58. The summed E-state index contributed by atoms with van der Waals surface area (Å²) in [7, 11) is 1.62. The fourth-order valence-corrected chi connectivity index (χ4v) is 1.59. The molecule has 0 aromatic heterocycles. The minimum absolute atomic E-state index is 0.0403. The van der Waals surface area contributed by atoms with Crippen molar-refractivity contribution in [2.24, 2.45) is 0 Å². The standard InChI is InChI=1S/C15H18FNO3/c1-20-10-3-2-8-17-15(19)13-11-12(5-4-9-18)6-7-14(13)16/h6-7,11,18H,2-3,8-10H2,1H3,(H,17,19). The topological polar surface area (TPSA) is 58.6 Å². The fraction of sp³-hybridized carbons (Fsp3) is 0.400. The minimum atomic E-state index is -0.589. The Bertz CT molecular complexity index is 506. The largest absolute Gasteiger partial charge is 0.385 e. The van der Waals surface area contributed by atoms with Gasteiger partial charge in [-0.1, -0.05) is 11.8 Å². The van der Waals surface area contributed by atoms with E-state index >= 15 is 0 Å². The number of methoxy groups -OCH3 is 1. The summed E-state index contributed by atoms with van der Waals surface area (Å²) in [4.78, 5) is 11.8. The molecule has 0 saturated carbocycles. The van der Waals surface area contributed by atoms with Crippen molar-refractivity contribution in [3.8, 4) is 11.8 Å². The Labute approximate surface area is 117 Å². The Morgan fingerprint density at radius 3 is 2.95 bits per heavy atom. The number of ether oxygens (including phenoxy) is 1. The van der Waals surface area contributed by atoms with Crippen molar-refractivity contribution >= 4 is 5.91 Å². The summed E-state index contributed by atoms with van der Waals surface area (Å²) in [6.45, 7) is 0.822. The zero-order chi connectivity index (χ0) is 14.8. The van der Waals surface area contributed by atoms with Gasteiger partial charge >= 0.3 is 0 Å². The maximum absolute atomic E-state index is 13.6.